The van der Waals surface area contributed by atoms with Gasteiger partial charge in [0.25, 0.3) is 0 Å². The van der Waals surface area contributed by atoms with E-state index in [1.165, 1.54) is 0 Å². The van der Waals surface area contributed by atoms with Crippen molar-refractivity contribution in [1.29, 1.82) is 0 Å². The van der Waals surface area contributed by atoms with Gasteiger partial charge in [0.05, 0.1) is 23.3 Å². The van der Waals surface area contributed by atoms with Crippen LogP contribution in [0, 0.1) is 19.3 Å². The Morgan fingerprint density at radius 1 is 1.14 bits per heavy atom. The second kappa shape index (κ2) is 6.19. The standard InChI is InChI=1S/C19H17N3/c1-3-16-8-7-9-17(12-16)13-20-19-14-21-22(15(19)2)18-10-5-4-6-11-18/h1,4-12,14,20H,13H2,2H3. The summed E-state index contributed by atoms with van der Waals surface area (Å²) in [5.41, 5.74) is 5.22. The maximum absolute atomic E-state index is 5.43. The fourth-order valence-electron chi connectivity index (χ4n) is 2.38. The molecular weight excluding hydrogens is 270 g/mol. The SMILES string of the molecule is C#Cc1cccc(CNc2cnn(-c3ccccc3)c2C)c1. The molecule has 3 aromatic rings. The second-order valence-corrected chi connectivity index (χ2v) is 5.09. The lowest BCUT2D eigenvalue weighted by Gasteiger charge is -2.08. The first-order valence-corrected chi connectivity index (χ1v) is 7.17. The summed E-state index contributed by atoms with van der Waals surface area (Å²) in [7, 11) is 0. The Bertz CT molecular complexity index is 810. The third-order valence-electron chi connectivity index (χ3n) is 3.59. The average Bonchev–Trinajstić information content (AvgIpc) is 2.95. The summed E-state index contributed by atoms with van der Waals surface area (Å²) in [6.07, 6.45) is 7.29. The maximum Gasteiger partial charge on any atom is 0.0763 e. The van der Waals surface area contributed by atoms with Crippen molar-refractivity contribution < 1.29 is 0 Å². The van der Waals surface area contributed by atoms with Crippen molar-refractivity contribution in [3.05, 3.63) is 77.6 Å². The van der Waals surface area contributed by atoms with Gasteiger partial charge in [0.15, 0.2) is 0 Å². The summed E-state index contributed by atoms with van der Waals surface area (Å²) in [6.45, 7) is 2.77. The Labute approximate surface area is 130 Å². The number of nitrogens with one attached hydrogen (secondary N) is 1. The molecule has 22 heavy (non-hydrogen) atoms. The van der Waals surface area contributed by atoms with Gasteiger partial charge in [0, 0.05) is 12.1 Å². The van der Waals surface area contributed by atoms with Crippen molar-refractivity contribution >= 4 is 5.69 Å². The summed E-state index contributed by atoms with van der Waals surface area (Å²) in [4.78, 5) is 0. The fraction of sp³-hybridized carbons (Fsp3) is 0.105. The van der Waals surface area contributed by atoms with E-state index in [0.717, 1.165) is 34.7 Å². The topological polar surface area (TPSA) is 29.9 Å². The molecule has 0 saturated carbocycles. The van der Waals surface area contributed by atoms with Gasteiger partial charge in [-0.1, -0.05) is 36.3 Å². The number of para-hydroxylation sites is 1. The third kappa shape index (κ3) is 2.87. The molecule has 0 unspecified atom stereocenters. The lowest BCUT2D eigenvalue weighted by molar-refractivity contribution is 0.847. The first-order chi connectivity index (χ1) is 10.8. The van der Waals surface area contributed by atoms with E-state index in [2.05, 4.69) is 29.3 Å². The minimum Gasteiger partial charge on any atom is -0.378 e. The van der Waals surface area contributed by atoms with E-state index in [1.807, 2.05) is 59.4 Å². The van der Waals surface area contributed by atoms with Crippen molar-refractivity contribution in [3.63, 3.8) is 0 Å². The fourth-order valence-corrected chi connectivity index (χ4v) is 2.38. The number of nitrogens with zero attached hydrogens (tertiary/aromatic N) is 2. The van der Waals surface area contributed by atoms with Crippen LogP contribution in [0.4, 0.5) is 5.69 Å². The zero-order chi connectivity index (χ0) is 15.4. The van der Waals surface area contributed by atoms with Crippen LogP contribution in [0.2, 0.25) is 0 Å². The number of hydrogen-bond acceptors (Lipinski definition) is 2. The predicted octanol–water partition coefficient (Wildman–Crippen LogP) is 3.77. The van der Waals surface area contributed by atoms with Gasteiger partial charge in [-0.3, -0.25) is 0 Å². The van der Waals surface area contributed by atoms with Gasteiger partial charge in [-0.25, -0.2) is 4.68 Å². The predicted molar refractivity (Wildman–Crippen MR) is 90.0 cm³/mol. The van der Waals surface area contributed by atoms with Gasteiger partial charge in [0.2, 0.25) is 0 Å². The molecule has 3 nitrogen and oxygen atoms in total. The lowest BCUT2D eigenvalue weighted by Crippen LogP contribution is -2.02. The Hall–Kier alpha value is -2.99. The molecule has 0 bridgehead atoms. The minimum absolute atomic E-state index is 0.719. The van der Waals surface area contributed by atoms with Crippen LogP contribution < -0.4 is 5.32 Å². The Morgan fingerprint density at radius 3 is 2.73 bits per heavy atom. The summed E-state index contributed by atoms with van der Waals surface area (Å²) in [5.74, 6) is 2.66. The Kier molecular flexibility index (Phi) is 3.93. The van der Waals surface area contributed by atoms with Gasteiger partial charge in [-0.05, 0) is 36.8 Å². The van der Waals surface area contributed by atoms with Crippen LogP contribution in [0.5, 0.6) is 0 Å². The minimum atomic E-state index is 0.719. The summed E-state index contributed by atoms with van der Waals surface area (Å²) in [6, 6.07) is 18.1. The zero-order valence-electron chi connectivity index (χ0n) is 12.5. The molecule has 2 aromatic carbocycles. The number of aromatic nitrogens is 2. The first-order valence-electron chi connectivity index (χ1n) is 7.17. The number of anilines is 1. The third-order valence-corrected chi connectivity index (χ3v) is 3.59. The molecule has 0 fully saturated rings. The molecule has 0 radical (unpaired) electrons. The summed E-state index contributed by atoms with van der Waals surface area (Å²) < 4.78 is 1.93. The molecule has 1 N–H and O–H groups in total. The number of rotatable bonds is 4. The van der Waals surface area contributed by atoms with Crippen LogP contribution in [0.3, 0.4) is 0 Å². The van der Waals surface area contributed by atoms with Crippen LogP contribution in [-0.2, 0) is 6.54 Å². The lowest BCUT2D eigenvalue weighted by atomic mass is 10.1. The average molecular weight is 287 g/mol. The molecule has 0 aliphatic heterocycles. The molecular formula is C19H17N3. The van der Waals surface area contributed by atoms with Crippen LogP contribution in [0.1, 0.15) is 16.8 Å². The quantitative estimate of drug-likeness (QED) is 0.740. The summed E-state index contributed by atoms with van der Waals surface area (Å²) >= 11 is 0. The molecule has 0 amide bonds. The van der Waals surface area contributed by atoms with E-state index in [1.54, 1.807) is 0 Å². The van der Waals surface area contributed by atoms with Gasteiger partial charge in [-0.2, -0.15) is 5.10 Å². The van der Waals surface area contributed by atoms with E-state index in [4.69, 9.17) is 6.42 Å². The largest absolute Gasteiger partial charge is 0.378 e. The molecule has 3 heteroatoms. The molecule has 0 aliphatic rings. The van der Waals surface area contributed by atoms with Crippen LogP contribution in [0.25, 0.3) is 5.69 Å². The smallest absolute Gasteiger partial charge is 0.0763 e. The van der Waals surface area contributed by atoms with Gasteiger partial charge < -0.3 is 5.32 Å². The van der Waals surface area contributed by atoms with E-state index >= 15 is 0 Å². The van der Waals surface area contributed by atoms with Crippen molar-refractivity contribution in [2.75, 3.05) is 5.32 Å². The van der Waals surface area contributed by atoms with E-state index in [9.17, 15) is 0 Å². The molecule has 108 valence electrons. The van der Waals surface area contributed by atoms with Crippen molar-refractivity contribution in [1.82, 2.24) is 9.78 Å². The first kappa shape index (κ1) is 14.0. The highest BCUT2D eigenvalue weighted by molar-refractivity contribution is 5.50. The molecule has 3 rings (SSSR count). The van der Waals surface area contributed by atoms with Gasteiger partial charge in [-0.15, -0.1) is 6.42 Å². The van der Waals surface area contributed by atoms with E-state index in [0.29, 0.717) is 0 Å². The molecule has 0 atom stereocenters. The normalized spacial score (nSPS) is 10.2. The van der Waals surface area contributed by atoms with Gasteiger partial charge >= 0.3 is 0 Å². The highest BCUT2D eigenvalue weighted by Crippen LogP contribution is 2.19. The maximum atomic E-state index is 5.43. The van der Waals surface area contributed by atoms with Crippen LogP contribution in [-0.4, -0.2) is 9.78 Å². The van der Waals surface area contributed by atoms with Crippen molar-refractivity contribution in [2.45, 2.75) is 13.5 Å². The zero-order valence-corrected chi connectivity index (χ0v) is 12.5. The Morgan fingerprint density at radius 2 is 1.95 bits per heavy atom. The van der Waals surface area contributed by atoms with Crippen LogP contribution in [0.15, 0.2) is 60.8 Å². The summed E-state index contributed by atoms with van der Waals surface area (Å²) in [5, 5.41) is 7.87. The van der Waals surface area contributed by atoms with Crippen LogP contribution >= 0.6 is 0 Å². The Balaban J connectivity index is 1.77. The van der Waals surface area contributed by atoms with Gasteiger partial charge in [0.1, 0.15) is 0 Å². The van der Waals surface area contributed by atoms with E-state index < -0.39 is 0 Å². The monoisotopic (exact) mass is 287 g/mol. The number of terminal acetylenes is 1. The molecule has 0 spiro atoms. The van der Waals surface area contributed by atoms with Crippen molar-refractivity contribution in [2.24, 2.45) is 0 Å². The highest BCUT2D eigenvalue weighted by Gasteiger charge is 2.07. The molecule has 0 aliphatic carbocycles. The number of hydrogen-bond donors (Lipinski definition) is 1. The molecule has 0 saturated heterocycles. The van der Waals surface area contributed by atoms with Crippen molar-refractivity contribution in [3.8, 4) is 18.0 Å². The molecule has 1 heterocycles. The highest BCUT2D eigenvalue weighted by atomic mass is 15.3. The number of benzene rings is 2. The molecule has 1 aromatic heterocycles. The second-order valence-electron chi connectivity index (χ2n) is 5.09. The van der Waals surface area contributed by atoms with E-state index in [-0.39, 0.29) is 0 Å².